The molecule has 5 nitrogen and oxygen atoms in total. The van der Waals surface area contributed by atoms with E-state index >= 15 is 0 Å². The normalized spacial score (nSPS) is 16.6. The van der Waals surface area contributed by atoms with E-state index in [2.05, 4.69) is 10.5 Å². The summed E-state index contributed by atoms with van der Waals surface area (Å²) in [7, 11) is 1.46. The molecule has 50 valence electrons. The average Bonchev–Trinajstić information content (AvgIpc) is 1.90. The molecule has 1 aliphatic heterocycles. The van der Waals surface area contributed by atoms with Gasteiger partial charge in [-0.15, -0.1) is 10.3 Å². The van der Waals surface area contributed by atoms with Gasteiger partial charge in [-0.1, -0.05) is 5.17 Å². The molecule has 0 saturated heterocycles. The number of rotatable bonds is 1. The number of hydroxylamine groups is 1. The van der Waals surface area contributed by atoms with Crippen molar-refractivity contribution in [2.45, 2.75) is 0 Å². The molecule has 0 radical (unpaired) electrons. The van der Waals surface area contributed by atoms with Crippen molar-refractivity contribution < 1.29 is 5.21 Å². The molecule has 0 aromatic heterocycles. The van der Waals surface area contributed by atoms with E-state index < -0.39 is 0 Å². The molecule has 0 amide bonds. The maximum Gasteiger partial charge on any atom is 0.0523 e. The minimum atomic E-state index is 0.833. The van der Waals surface area contributed by atoms with Crippen LogP contribution in [0.4, 0.5) is 0 Å². The summed E-state index contributed by atoms with van der Waals surface area (Å²) in [5.41, 5.74) is 2.65. The van der Waals surface area contributed by atoms with Crippen LogP contribution >= 0.6 is 0 Å². The van der Waals surface area contributed by atoms with Crippen molar-refractivity contribution in [3.8, 4) is 0 Å². The van der Waals surface area contributed by atoms with Gasteiger partial charge in [0.2, 0.25) is 0 Å². The Morgan fingerprint density at radius 1 is 1.78 bits per heavy atom. The van der Waals surface area contributed by atoms with E-state index in [4.69, 9.17) is 5.21 Å². The average molecular weight is 128 g/mol. The van der Waals surface area contributed by atoms with Crippen LogP contribution in [0, 0.1) is 0 Å². The molecule has 9 heavy (non-hydrogen) atoms. The second-order valence-corrected chi connectivity index (χ2v) is 1.53. The summed E-state index contributed by atoms with van der Waals surface area (Å²) in [4.78, 5) is 0. The zero-order chi connectivity index (χ0) is 6.69. The van der Waals surface area contributed by atoms with Gasteiger partial charge in [0.15, 0.2) is 0 Å². The topological polar surface area (TPSA) is 51.1 Å². The van der Waals surface area contributed by atoms with Crippen molar-refractivity contribution in [1.82, 2.24) is 15.8 Å². The monoisotopic (exact) mass is 128 g/mol. The van der Waals surface area contributed by atoms with Crippen molar-refractivity contribution >= 4 is 6.21 Å². The van der Waals surface area contributed by atoms with Crippen LogP contribution in [0.5, 0.6) is 0 Å². The summed E-state index contributed by atoms with van der Waals surface area (Å²) in [6.07, 6.45) is 4.93. The first-order chi connectivity index (χ1) is 4.30. The van der Waals surface area contributed by atoms with Crippen LogP contribution in [0.15, 0.2) is 17.4 Å². The molecule has 0 aromatic rings. The van der Waals surface area contributed by atoms with Crippen LogP contribution < -0.4 is 5.43 Å². The Morgan fingerprint density at radius 2 is 2.56 bits per heavy atom. The molecule has 0 saturated carbocycles. The third kappa shape index (κ3) is 1.41. The van der Waals surface area contributed by atoms with Crippen LogP contribution in [-0.2, 0) is 0 Å². The maximum atomic E-state index is 8.73. The maximum absolute atomic E-state index is 8.73. The van der Waals surface area contributed by atoms with Crippen molar-refractivity contribution in [3.05, 3.63) is 12.3 Å². The lowest BCUT2D eigenvalue weighted by atomic mass is 10.7. The highest BCUT2D eigenvalue weighted by molar-refractivity contribution is 5.70. The minimum absolute atomic E-state index is 0.833. The lowest BCUT2D eigenvalue weighted by molar-refractivity contribution is -0.244. The first kappa shape index (κ1) is 6.06. The van der Waals surface area contributed by atoms with Crippen molar-refractivity contribution in [2.24, 2.45) is 5.10 Å². The van der Waals surface area contributed by atoms with Gasteiger partial charge in [0.05, 0.1) is 6.21 Å². The van der Waals surface area contributed by atoms with Crippen LogP contribution in [-0.4, -0.2) is 28.9 Å². The highest BCUT2D eigenvalue weighted by atomic mass is 16.6. The molecule has 0 fully saturated rings. The number of hydrogen-bond acceptors (Lipinski definition) is 5. The van der Waals surface area contributed by atoms with E-state index in [1.54, 1.807) is 18.5 Å². The summed E-state index contributed by atoms with van der Waals surface area (Å²) in [5, 5.41) is 14.5. The predicted molar refractivity (Wildman–Crippen MR) is 32.2 cm³/mol. The van der Waals surface area contributed by atoms with Gasteiger partial charge < -0.3 is 0 Å². The van der Waals surface area contributed by atoms with Gasteiger partial charge in [-0.25, -0.2) is 0 Å². The van der Waals surface area contributed by atoms with Gasteiger partial charge in [-0.05, 0) is 6.08 Å². The minimum Gasteiger partial charge on any atom is -0.292 e. The van der Waals surface area contributed by atoms with E-state index in [0.29, 0.717) is 0 Å². The van der Waals surface area contributed by atoms with E-state index in [-0.39, 0.29) is 0 Å². The van der Waals surface area contributed by atoms with Gasteiger partial charge in [0.25, 0.3) is 0 Å². The zero-order valence-corrected chi connectivity index (χ0v) is 5.02. The molecule has 1 rings (SSSR count). The Hall–Kier alpha value is -1.07. The van der Waals surface area contributed by atoms with Crippen LogP contribution in [0.2, 0.25) is 0 Å². The Morgan fingerprint density at radius 3 is 2.89 bits per heavy atom. The van der Waals surface area contributed by atoms with E-state index in [0.717, 1.165) is 5.17 Å². The summed E-state index contributed by atoms with van der Waals surface area (Å²) < 4.78 is 0. The third-order valence-electron chi connectivity index (χ3n) is 0.823. The Labute approximate surface area is 52.8 Å². The van der Waals surface area contributed by atoms with Crippen LogP contribution in [0.1, 0.15) is 0 Å². The lowest BCUT2D eigenvalue weighted by Crippen LogP contribution is -2.42. The van der Waals surface area contributed by atoms with E-state index in [1.165, 1.54) is 12.3 Å². The second-order valence-electron chi connectivity index (χ2n) is 1.53. The van der Waals surface area contributed by atoms with Crippen LogP contribution in [0.25, 0.3) is 0 Å². The molecular weight excluding hydrogens is 120 g/mol. The van der Waals surface area contributed by atoms with Gasteiger partial charge in [-0.3, -0.25) is 10.6 Å². The van der Waals surface area contributed by atoms with Crippen LogP contribution in [0.3, 0.4) is 0 Å². The van der Waals surface area contributed by atoms with Gasteiger partial charge in [-0.2, -0.15) is 0 Å². The summed E-state index contributed by atoms with van der Waals surface area (Å²) >= 11 is 0. The van der Waals surface area contributed by atoms with Crippen molar-refractivity contribution in [2.75, 3.05) is 7.05 Å². The number of hydrazine groups is 2. The predicted octanol–water partition coefficient (Wildman–Crippen LogP) is -0.458. The standard InChI is InChI=1S/C4H8N4O/c1-7(9)8-5-3-2-4-6-8/h2-5,9H,1H3. The molecule has 0 bridgehead atoms. The number of nitrogens with zero attached hydrogens (tertiary/aromatic N) is 3. The van der Waals surface area contributed by atoms with Gasteiger partial charge >= 0.3 is 0 Å². The summed E-state index contributed by atoms with van der Waals surface area (Å²) in [5.74, 6) is 0. The molecule has 5 heteroatoms. The molecule has 0 aliphatic carbocycles. The fourth-order valence-electron chi connectivity index (χ4n) is 0.446. The SMILES string of the molecule is CN(O)N1N=CC=CN1. The number of hydrazone groups is 1. The Bertz CT molecular complexity index is 142. The van der Waals surface area contributed by atoms with E-state index in [1.807, 2.05) is 0 Å². The molecule has 0 spiro atoms. The highest BCUT2D eigenvalue weighted by Gasteiger charge is 2.01. The molecule has 2 N–H and O–H groups in total. The van der Waals surface area contributed by atoms with Crippen molar-refractivity contribution in [3.63, 3.8) is 0 Å². The molecule has 0 unspecified atom stereocenters. The number of hydrogen-bond donors (Lipinski definition) is 2. The fraction of sp³-hybridized carbons (Fsp3) is 0.250. The molecule has 1 aliphatic rings. The summed E-state index contributed by atoms with van der Waals surface area (Å²) in [6.45, 7) is 0. The molecule has 0 aromatic carbocycles. The van der Waals surface area contributed by atoms with Crippen molar-refractivity contribution in [1.29, 1.82) is 0 Å². The first-order valence-electron chi connectivity index (χ1n) is 2.48. The Kier molecular flexibility index (Phi) is 1.66. The number of nitrogens with one attached hydrogen (secondary N) is 1. The summed E-state index contributed by atoms with van der Waals surface area (Å²) in [6, 6.07) is 0. The smallest absolute Gasteiger partial charge is 0.0523 e. The lowest BCUT2D eigenvalue weighted by Gasteiger charge is -2.23. The molecule has 1 heterocycles. The van der Waals surface area contributed by atoms with Gasteiger partial charge in [0, 0.05) is 13.2 Å². The second kappa shape index (κ2) is 2.47. The number of allylic oxidation sites excluding steroid dienone is 1. The third-order valence-corrected chi connectivity index (χ3v) is 0.823. The fourth-order valence-corrected chi connectivity index (χ4v) is 0.446. The highest BCUT2D eigenvalue weighted by Crippen LogP contribution is 1.89. The van der Waals surface area contributed by atoms with Gasteiger partial charge in [0.1, 0.15) is 0 Å². The van der Waals surface area contributed by atoms with E-state index in [9.17, 15) is 0 Å². The quantitative estimate of drug-likeness (QED) is 0.469. The Balaban J connectivity index is 2.46. The largest absolute Gasteiger partial charge is 0.292 e. The first-order valence-corrected chi connectivity index (χ1v) is 2.48. The molecule has 0 atom stereocenters. The molecular formula is C4H8N4O. The zero-order valence-electron chi connectivity index (χ0n) is 5.02.